The molecule has 88 valence electrons. The Morgan fingerprint density at radius 3 is 2.88 bits per heavy atom. The second-order valence-corrected chi connectivity index (χ2v) is 4.89. The van der Waals surface area contributed by atoms with E-state index in [1.807, 2.05) is 0 Å². The lowest BCUT2D eigenvalue weighted by Gasteiger charge is -2.24. The molecule has 2 nitrogen and oxygen atoms in total. The van der Waals surface area contributed by atoms with Crippen molar-refractivity contribution in [2.75, 3.05) is 18.0 Å². The van der Waals surface area contributed by atoms with Crippen molar-refractivity contribution in [1.29, 1.82) is 0 Å². The molecule has 2 rings (SSSR count). The highest BCUT2D eigenvalue weighted by Crippen LogP contribution is 2.30. The normalized spacial score (nSPS) is 14.6. The van der Waals surface area contributed by atoms with Crippen LogP contribution in [0.25, 0.3) is 0 Å². The van der Waals surface area contributed by atoms with Gasteiger partial charge in [0, 0.05) is 18.3 Å². The number of hydrogen-bond acceptors (Lipinski definition) is 2. The summed E-state index contributed by atoms with van der Waals surface area (Å²) in [5.74, 6) is 0. The summed E-state index contributed by atoms with van der Waals surface area (Å²) in [6, 6.07) is 7.52. The first-order valence-electron chi connectivity index (χ1n) is 6.31. The van der Waals surface area contributed by atoms with E-state index in [0.717, 1.165) is 19.4 Å². The minimum atomic E-state index is 0.603. The summed E-state index contributed by atoms with van der Waals surface area (Å²) in [7, 11) is 0. The third-order valence-corrected chi connectivity index (χ3v) is 3.37. The van der Waals surface area contributed by atoms with Gasteiger partial charge >= 0.3 is 0 Å². The molecule has 0 aromatic heterocycles. The zero-order valence-electron chi connectivity index (χ0n) is 10.4. The Morgan fingerprint density at radius 1 is 1.38 bits per heavy atom. The molecule has 2 heteroatoms. The molecule has 2 N–H and O–H groups in total. The van der Waals surface area contributed by atoms with Gasteiger partial charge in [-0.2, -0.15) is 0 Å². The molecule has 0 fully saturated rings. The summed E-state index contributed by atoms with van der Waals surface area (Å²) in [5, 5.41) is 0. The number of hydrogen-bond donors (Lipinski definition) is 1. The molecule has 0 radical (unpaired) electrons. The van der Waals surface area contributed by atoms with Crippen LogP contribution >= 0.6 is 0 Å². The molecule has 1 aromatic carbocycles. The molecule has 0 saturated heterocycles. The molecular formula is C14H22N2. The fraction of sp³-hybridized carbons (Fsp3) is 0.571. The topological polar surface area (TPSA) is 29.3 Å². The average molecular weight is 218 g/mol. The van der Waals surface area contributed by atoms with Gasteiger partial charge in [0.05, 0.1) is 0 Å². The van der Waals surface area contributed by atoms with E-state index in [0.29, 0.717) is 6.04 Å². The third-order valence-electron chi connectivity index (χ3n) is 3.37. The average Bonchev–Trinajstić information content (AvgIpc) is 2.69. The summed E-state index contributed by atoms with van der Waals surface area (Å²) in [6.45, 7) is 6.49. The second kappa shape index (κ2) is 4.88. The molecular weight excluding hydrogens is 196 g/mol. The van der Waals surface area contributed by atoms with Crippen molar-refractivity contribution in [3.05, 3.63) is 29.3 Å². The van der Waals surface area contributed by atoms with E-state index in [-0.39, 0.29) is 0 Å². The van der Waals surface area contributed by atoms with Gasteiger partial charge in [0.1, 0.15) is 0 Å². The fourth-order valence-corrected chi connectivity index (χ4v) is 2.45. The minimum Gasteiger partial charge on any atom is -0.369 e. The van der Waals surface area contributed by atoms with Gasteiger partial charge in [-0.15, -0.1) is 0 Å². The first kappa shape index (κ1) is 11.5. The molecule has 0 aliphatic carbocycles. The van der Waals surface area contributed by atoms with Crippen molar-refractivity contribution in [2.45, 2.75) is 39.2 Å². The number of fused-ring (bicyclic) bond motifs is 1. The van der Waals surface area contributed by atoms with Crippen molar-refractivity contribution < 1.29 is 0 Å². The molecule has 0 unspecified atom stereocenters. The number of benzene rings is 1. The smallest absolute Gasteiger partial charge is 0.0404 e. The maximum absolute atomic E-state index is 5.55. The highest BCUT2D eigenvalue weighted by atomic mass is 15.2. The van der Waals surface area contributed by atoms with E-state index >= 15 is 0 Å². The van der Waals surface area contributed by atoms with Crippen molar-refractivity contribution in [1.82, 2.24) is 0 Å². The molecule has 1 heterocycles. The van der Waals surface area contributed by atoms with Gasteiger partial charge in [-0.25, -0.2) is 0 Å². The van der Waals surface area contributed by atoms with Crippen LogP contribution in [0.2, 0.25) is 0 Å². The van der Waals surface area contributed by atoms with Gasteiger partial charge in [0.2, 0.25) is 0 Å². The van der Waals surface area contributed by atoms with E-state index in [4.69, 9.17) is 5.73 Å². The Labute approximate surface area is 98.4 Å². The van der Waals surface area contributed by atoms with Crippen LogP contribution in [0.15, 0.2) is 18.2 Å². The predicted molar refractivity (Wildman–Crippen MR) is 70.0 cm³/mol. The number of nitrogens with zero attached hydrogens (tertiary/aromatic N) is 1. The Morgan fingerprint density at radius 2 is 2.19 bits per heavy atom. The molecule has 0 saturated carbocycles. The van der Waals surface area contributed by atoms with Crippen LogP contribution in [-0.2, 0) is 12.8 Å². The SMILES string of the molecule is CC(C)N1CCc2ccc(CCCN)cc21. The van der Waals surface area contributed by atoms with Crippen LogP contribution in [-0.4, -0.2) is 19.1 Å². The molecule has 0 bridgehead atoms. The van der Waals surface area contributed by atoms with E-state index in [1.165, 1.54) is 29.8 Å². The van der Waals surface area contributed by atoms with Gasteiger partial charge in [0.15, 0.2) is 0 Å². The van der Waals surface area contributed by atoms with E-state index < -0.39 is 0 Å². The summed E-state index contributed by atoms with van der Waals surface area (Å²) < 4.78 is 0. The zero-order valence-corrected chi connectivity index (χ0v) is 10.4. The minimum absolute atomic E-state index is 0.603. The van der Waals surface area contributed by atoms with E-state index in [1.54, 1.807) is 0 Å². The van der Waals surface area contributed by atoms with Gasteiger partial charge < -0.3 is 10.6 Å². The maximum atomic E-state index is 5.55. The van der Waals surface area contributed by atoms with Crippen molar-refractivity contribution >= 4 is 5.69 Å². The second-order valence-electron chi connectivity index (χ2n) is 4.89. The Kier molecular flexibility index (Phi) is 3.49. The lowest BCUT2D eigenvalue weighted by atomic mass is 10.1. The van der Waals surface area contributed by atoms with Crippen LogP contribution in [0.3, 0.4) is 0 Å². The standard InChI is InChI=1S/C14H22N2/c1-11(2)16-9-7-13-6-5-12(4-3-8-15)10-14(13)16/h5-6,10-11H,3-4,7-9,15H2,1-2H3. The monoisotopic (exact) mass is 218 g/mol. The van der Waals surface area contributed by atoms with Crippen molar-refractivity contribution in [2.24, 2.45) is 5.73 Å². The number of anilines is 1. The molecule has 0 spiro atoms. The molecule has 16 heavy (non-hydrogen) atoms. The molecule has 1 aliphatic heterocycles. The number of rotatable bonds is 4. The van der Waals surface area contributed by atoms with Crippen LogP contribution in [0.1, 0.15) is 31.4 Å². The zero-order chi connectivity index (χ0) is 11.5. The molecule has 1 aliphatic rings. The van der Waals surface area contributed by atoms with Gasteiger partial charge in [-0.1, -0.05) is 12.1 Å². The van der Waals surface area contributed by atoms with Gasteiger partial charge in [-0.05, 0) is 56.8 Å². The van der Waals surface area contributed by atoms with Crippen LogP contribution in [0.5, 0.6) is 0 Å². The summed E-state index contributed by atoms with van der Waals surface area (Å²) in [6.07, 6.45) is 3.39. The Hall–Kier alpha value is -1.02. The molecule has 0 amide bonds. The summed E-state index contributed by atoms with van der Waals surface area (Å²) in [5.41, 5.74) is 9.94. The van der Waals surface area contributed by atoms with Crippen LogP contribution in [0.4, 0.5) is 5.69 Å². The van der Waals surface area contributed by atoms with E-state index in [2.05, 4.69) is 36.9 Å². The quantitative estimate of drug-likeness (QED) is 0.840. The molecule has 1 aromatic rings. The fourth-order valence-electron chi connectivity index (χ4n) is 2.45. The number of nitrogens with two attached hydrogens (primary N) is 1. The largest absolute Gasteiger partial charge is 0.369 e. The molecule has 0 atom stereocenters. The lowest BCUT2D eigenvalue weighted by Crippen LogP contribution is -2.28. The highest BCUT2D eigenvalue weighted by Gasteiger charge is 2.20. The lowest BCUT2D eigenvalue weighted by molar-refractivity contribution is 0.709. The van der Waals surface area contributed by atoms with Gasteiger partial charge in [-0.3, -0.25) is 0 Å². The summed E-state index contributed by atoms with van der Waals surface area (Å²) in [4.78, 5) is 2.50. The maximum Gasteiger partial charge on any atom is 0.0404 e. The highest BCUT2D eigenvalue weighted by molar-refractivity contribution is 5.60. The van der Waals surface area contributed by atoms with Gasteiger partial charge in [0.25, 0.3) is 0 Å². The van der Waals surface area contributed by atoms with Crippen molar-refractivity contribution in [3.63, 3.8) is 0 Å². The van der Waals surface area contributed by atoms with Crippen LogP contribution < -0.4 is 10.6 Å². The Balaban J connectivity index is 2.20. The van der Waals surface area contributed by atoms with Crippen molar-refractivity contribution in [3.8, 4) is 0 Å². The Bertz CT molecular complexity index is 358. The number of aryl methyl sites for hydroxylation is 1. The predicted octanol–water partition coefficient (Wildman–Crippen LogP) is 2.35. The summed E-state index contributed by atoms with van der Waals surface area (Å²) >= 11 is 0. The third kappa shape index (κ3) is 2.22. The van der Waals surface area contributed by atoms with Crippen LogP contribution in [0, 0.1) is 0 Å². The first-order chi connectivity index (χ1) is 7.72. The first-order valence-corrected chi connectivity index (χ1v) is 6.31. The van der Waals surface area contributed by atoms with E-state index in [9.17, 15) is 0 Å².